The molecule has 0 radical (unpaired) electrons. The molecule has 0 saturated carbocycles. The lowest BCUT2D eigenvalue weighted by atomic mass is 9.97. The van der Waals surface area contributed by atoms with Gasteiger partial charge in [0.05, 0.1) is 32.5 Å². The standard InChI is InChI=1S/C28H36F2N2O3/c29-23-5-1-21(2-6-23)28(22-3-7-24(30)8-4-22)35-27-19-25-9-10-26(20-27)32(25)14-18-34-17-13-31-11-15-33-16-12-31/h1-8,25-28H,9-20H2/t25-,26+,27?. The average molecular weight is 487 g/mol. The molecule has 0 aliphatic carbocycles. The van der Waals surface area contributed by atoms with Gasteiger partial charge in [-0.15, -0.1) is 0 Å². The fourth-order valence-corrected chi connectivity index (χ4v) is 5.81. The van der Waals surface area contributed by atoms with Crippen molar-refractivity contribution in [3.05, 3.63) is 71.3 Å². The van der Waals surface area contributed by atoms with Crippen molar-refractivity contribution in [3.63, 3.8) is 0 Å². The van der Waals surface area contributed by atoms with Crippen LogP contribution in [0.3, 0.4) is 0 Å². The van der Waals surface area contributed by atoms with Crippen LogP contribution in [-0.4, -0.2) is 80.6 Å². The zero-order valence-electron chi connectivity index (χ0n) is 20.3. The van der Waals surface area contributed by atoms with Crippen molar-refractivity contribution in [1.29, 1.82) is 0 Å². The first-order valence-corrected chi connectivity index (χ1v) is 13.0. The van der Waals surface area contributed by atoms with Gasteiger partial charge in [0.2, 0.25) is 0 Å². The Kier molecular flexibility index (Phi) is 8.42. The first-order valence-electron chi connectivity index (χ1n) is 13.0. The van der Waals surface area contributed by atoms with Gasteiger partial charge < -0.3 is 14.2 Å². The number of benzene rings is 2. The highest BCUT2D eigenvalue weighted by Gasteiger charge is 2.41. The number of hydrogen-bond acceptors (Lipinski definition) is 5. The van der Waals surface area contributed by atoms with Crippen LogP contribution >= 0.6 is 0 Å². The maximum atomic E-state index is 13.5. The molecular weight excluding hydrogens is 450 g/mol. The van der Waals surface area contributed by atoms with Crippen molar-refractivity contribution >= 4 is 0 Å². The molecule has 3 aliphatic heterocycles. The smallest absolute Gasteiger partial charge is 0.123 e. The summed E-state index contributed by atoms with van der Waals surface area (Å²) < 4.78 is 45.1. The van der Waals surface area contributed by atoms with Gasteiger partial charge in [0.1, 0.15) is 17.7 Å². The van der Waals surface area contributed by atoms with Gasteiger partial charge in [0.15, 0.2) is 0 Å². The van der Waals surface area contributed by atoms with E-state index in [1.54, 1.807) is 24.3 Å². The normalized spacial score (nSPS) is 25.4. The van der Waals surface area contributed by atoms with Crippen LogP contribution in [0.15, 0.2) is 48.5 Å². The van der Waals surface area contributed by atoms with Crippen LogP contribution in [0.1, 0.15) is 42.9 Å². The SMILES string of the molecule is Fc1ccc(C(OC2C[C@H]3CC[C@@H](C2)N3CCOCCN2CCOCC2)c2ccc(F)cc2)cc1. The summed E-state index contributed by atoms with van der Waals surface area (Å²) in [6, 6.07) is 13.9. The molecule has 2 aromatic rings. The van der Waals surface area contributed by atoms with E-state index in [-0.39, 0.29) is 23.8 Å². The van der Waals surface area contributed by atoms with Gasteiger partial charge in [-0.3, -0.25) is 9.80 Å². The van der Waals surface area contributed by atoms with Crippen LogP contribution in [-0.2, 0) is 14.2 Å². The number of morpholine rings is 1. The average Bonchev–Trinajstić information content (AvgIpc) is 3.11. The molecule has 0 N–H and O–H groups in total. The molecule has 7 heteroatoms. The second kappa shape index (κ2) is 11.9. The maximum absolute atomic E-state index is 13.5. The lowest BCUT2D eigenvalue weighted by Crippen LogP contribution is -2.47. The van der Waals surface area contributed by atoms with E-state index >= 15 is 0 Å². The fraction of sp³-hybridized carbons (Fsp3) is 0.571. The largest absolute Gasteiger partial charge is 0.379 e. The number of hydrogen-bond donors (Lipinski definition) is 0. The van der Waals surface area contributed by atoms with Crippen molar-refractivity contribution in [1.82, 2.24) is 9.80 Å². The quantitative estimate of drug-likeness (QED) is 0.465. The third-order valence-corrected chi connectivity index (χ3v) is 7.66. The van der Waals surface area contributed by atoms with Gasteiger partial charge in [0.25, 0.3) is 0 Å². The van der Waals surface area contributed by atoms with Gasteiger partial charge in [-0.25, -0.2) is 8.78 Å². The first kappa shape index (κ1) is 24.8. The predicted octanol–water partition coefficient (Wildman–Crippen LogP) is 4.42. The monoisotopic (exact) mass is 486 g/mol. The number of halogens is 2. The third-order valence-electron chi connectivity index (χ3n) is 7.66. The van der Waals surface area contributed by atoms with Crippen LogP contribution < -0.4 is 0 Å². The van der Waals surface area contributed by atoms with Crippen LogP contribution in [0.4, 0.5) is 8.78 Å². The van der Waals surface area contributed by atoms with Crippen molar-refractivity contribution in [2.24, 2.45) is 0 Å². The first-order chi connectivity index (χ1) is 17.2. The number of nitrogens with zero attached hydrogens (tertiary/aromatic N) is 2. The number of fused-ring (bicyclic) bond motifs is 2. The minimum atomic E-state index is -0.337. The molecule has 2 bridgehead atoms. The third kappa shape index (κ3) is 6.46. The molecule has 5 nitrogen and oxygen atoms in total. The molecule has 3 saturated heterocycles. The zero-order valence-corrected chi connectivity index (χ0v) is 20.3. The summed E-state index contributed by atoms with van der Waals surface area (Å²) in [5.74, 6) is -0.546. The number of rotatable bonds is 10. The van der Waals surface area contributed by atoms with Crippen molar-refractivity contribution in [2.75, 3.05) is 52.6 Å². The molecule has 3 aliphatic rings. The molecule has 3 fully saturated rings. The predicted molar refractivity (Wildman–Crippen MR) is 130 cm³/mol. The fourth-order valence-electron chi connectivity index (χ4n) is 5.81. The van der Waals surface area contributed by atoms with E-state index < -0.39 is 0 Å². The second-order valence-electron chi connectivity index (χ2n) is 9.90. The molecule has 2 aromatic carbocycles. The van der Waals surface area contributed by atoms with E-state index in [1.165, 1.54) is 37.1 Å². The van der Waals surface area contributed by atoms with Crippen LogP contribution in [0, 0.1) is 11.6 Å². The Bertz CT molecular complexity index is 861. The summed E-state index contributed by atoms with van der Waals surface area (Å²) in [5.41, 5.74) is 1.78. The van der Waals surface area contributed by atoms with E-state index in [4.69, 9.17) is 14.2 Å². The van der Waals surface area contributed by atoms with Gasteiger partial charge >= 0.3 is 0 Å². The number of piperidine rings is 1. The molecular formula is C28H36F2N2O3. The molecule has 35 heavy (non-hydrogen) atoms. The van der Waals surface area contributed by atoms with Crippen LogP contribution in [0.25, 0.3) is 0 Å². The summed E-state index contributed by atoms with van der Waals surface area (Å²) in [6.07, 6.45) is 4.11. The highest BCUT2D eigenvalue weighted by Crippen LogP contribution is 2.39. The summed E-state index contributed by atoms with van der Waals surface area (Å²) in [5, 5.41) is 0. The Labute approximate surface area is 207 Å². The lowest BCUT2D eigenvalue weighted by molar-refractivity contribution is -0.0536. The van der Waals surface area contributed by atoms with Crippen molar-refractivity contribution in [2.45, 2.75) is 50.0 Å². The lowest BCUT2D eigenvalue weighted by Gasteiger charge is -2.40. The minimum absolute atomic E-state index is 0.117. The molecule has 3 atom stereocenters. The van der Waals surface area contributed by atoms with Gasteiger partial charge in [-0.05, 0) is 61.1 Å². The van der Waals surface area contributed by atoms with E-state index in [0.717, 1.165) is 76.6 Å². The van der Waals surface area contributed by atoms with E-state index in [2.05, 4.69) is 9.80 Å². The van der Waals surface area contributed by atoms with Crippen LogP contribution in [0.2, 0.25) is 0 Å². The molecule has 190 valence electrons. The molecule has 1 unspecified atom stereocenters. The minimum Gasteiger partial charge on any atom is -0.379 e. The zero-order chi connectivity index (χ0) is 24.0. The second-order valence-corrected chi connectivity index (χ2v) is 9.90. The summed E-state index contributed by atoms with van der Waals surface area (Å²) in [7, 11) is 0. The van der Waals surface area contributed by atoms with E-state index in [9.17, 15) is 8.78 Å². The molecule has 3 heterocycles. The Hall–Kier alpha value is -1.90. The highest BCUT2D eigenvalue weighted by atomic mass is 19.1. The van der Waals surface area contributed by atoms with Gasteiger partial charge in [0, 0.05) is 38.3 Å². The summed E-state index contributed by atoms with van der Waals surface area (Å²) in [6.45, 7) is 7.11. The van der Waals surface area contributed by atoms with Crippen molar-refractivity contribution < 1.29 is 23.0 Å². The Balaban J connectivity index is 1.14. The Morgan fingerprint density at radius 3 is 1.91 bits per heavy atom. The summed E-state index contributed by atoms with van der Waals surface area (Å²) >= 11 is 0. The van der Waals surface area contributed by atoms with Gasteiger partial charge in [-0.2, -0.15) is 0 Å². The van der Waals surface area contributed by atoms with E-state index in [0.29, 0.717) is 12.1 Å². The topological polar surface area (TPSA) is 34.2 Å². The Morgan fingerprint density at radius 2 is 1.34 bits per heavy atom. The highest BCUT2D eigenvalue weighted by molar-refractivity contribution is 5.30. The maximum Gasteiger partial charge on any atom is 0.123 e. The molecule has 0 aromatic heterocycles. The molecule has 0 spiro atoms. The van der Waals surface area contributed by atoms with E-state index in [1.807, 2.05) is 0 Å². The number of ether oxygens (including phenoxy) is 3. The van der Waals surface area contributed by atoms with Gasteiger partial charge in [-0.1, -0.05) is 24.3 Å². The summed E-state index contributed by atoms with van der Waals surface area (Å²) in [4.78, 5) is 5.01. The molecule has 5 rings (SSSR count). The molecule has 0 amide bonds. The Morgan fingerprint density at radius 1 is 0.800 bits per heavy atom. The van der Waals surface area contributed by atoms with Crippen LogP contribution in [0.5, 0.6) is 0 Å². The van der Waals surface area contributed by atoms with Crippen molar-refractivity contribution in [3.8, 4) is 0 Å².